The molecule has 1 aromatic carbocycles. The number of hydrogen-bond donors (Lipinski definition) is 0. The molecule has 0 N–H and O–H groups in total. The maximum absolute atomic E-state index is 12.3. The summed E-state index contributed by atoms with van der Waals surface area (Å²) in [6, 6.07) is 2.59. The molecular formula is C16H15NO5. The van der Waals surface area contributed by atoms with E-state index in [2.05, 4.69) is 11.3 Å². The van der Waals surface area contributed by atoms with Crippen LogP contribution in [-0.4, -0.2) is 4.57 Å². The number of benzene rings is 1. The van der Waals surface area contributed by atoms with Crippen LogP contribution in [0.15, 0.2) is 35.7 Å². The predicted octanol–water partition coefficient (Wildman–Crippen LogP) is 1.28. The summed E-state index contributed by atoms with van der Waals surface area (Å²) in [5, 5.41) is 0.451. The Morgan fingerprint density at radius 1 is 0.818 bits per heavy atom. The maximum Gasteiger partial charge on any atom is 0.346 e. The van der Waals surface area contributed by atoms with E-state index in [0.717, 1.165) is 25.7 Å². The van der Waals surface area contributed by atoms with Crippen molar-refractivity contribution in [3.05, 3.63) is 53.7 Å². The Morgan fingerprint density at radius 2 is 1.36 bits per heavy atom. The van der Waals surface area contributed by atoms with Gasteiger partial charge in [-0.15, -0.1) is 0 Å². The van der Waals surface area contributed by atoms with Gasteiger partial charge < -0.3 is 4.42 Å². The minimum Gasteiger partial charge on any atom is -0.386 e. The number of nitrogens with zero attached hydrogens (tertiary/aromatic N) is 1. The topological polar surface area (TPSA) is 86.3 Å². The summed E-state index contributed by atoms with van der Waals surface area (Å²) in [5.41, 5.74) is -2.37. The molecule has 0 unspecified atom stereocenters. The van der Waals surface area contributed by atoms with Gasteiger partial charge in [0.15, 0.2) is 0 Å². The molecule has 2 heterocycles. The Balaban J connectivity index is 2.16. The fraction of sp³-hybridized carbons (Fsp3) is 0.375. The van der Waals surface area contributed by atoms with Crippen LogP contribution in [0, 0.1) is 0 Å². The van der Waals surface area contributed by atoms with Crippen molar-refractivity contribution in [2.24, 2.45) is 0 Å². The zero-order valence-electron chi connectivity index (χ0n) is 12.2. The Kier molecular flexibility index (Phi) is 3.52. The van der Waals surface area contributed by atoms with Crippen molar-refractivity contribution in [2.75, 3.05) is 0 Å². The van der Waals surface area contributed by atoms with E-state index >= 15 is 0 Å². The summed E-state index contributed by atoms with van der Waals surface area (Å²) in [5.74, 6) is 0. The van der Waals surface area contributed by atoms with Crippen molar-refractivity contribution >= 4 is 21.5 Å². The number of hydrogen-bond acceptors (Lipinski definition) is 5. The SMILES string of the molecule is CCCCCCn1c(=O)c2cc3c(=O)oc(=O)c3cc2c1=O. The maximum atomic E-state index is 12.3. The van der Waals surface area contributed by atoms with Gasteiger partial charge in [0.05, 0.1) is 21.5 Å². The third kappa shape index (κ3) is 2.11. The Morgan fingerprint density at radius 3 is 1.86 bits per heavy atom. The van der Waals surface area contributed by atoms with Crippen molar-refractivity contribution in [1.82, 2.24) is 4.57 Å². The number of rotatable bonds is 5. The molecule has 3 aromatic rings. The van der Waals surface area contributed by atoms with Gasteiger partial charge in [-0.3, -0.25) is 14.2 Å². The van der Waals surface area contributed by atoms with Gasteiger partial charge in [0, 0.05) is 6.54 Å². The van der Waals surface area contributed by atoms with Gasteiger partial charge in [0.1, 0.15) is 0 Å². The molecular weight excluding hydrogens is 286 g/mol. The van der Waals surface area contributed by atoms with Crippen LogP contribution in [0.2, 0.25) is 0 Å². The third-order valence-electron chi connectivity index (χ3n) is 3.97. The van der Waals surface area contributed by atoms with Gasteiger partial charge in [0.25, 0.3) is 11.1 Å². The van der Waals surface area contributed by atoms with Crippen LogP contribution in [0.4, 0.5) is 0 Å². The van der Waals surface area contributed by atoms with Crippen LogP contribution in [0.1, 0.15) is 32.6 Å². The highest BCUT2D eigenvalue weighted by atomic mass is 16.4. The summed E-state index contributed by atoms with van der Waals surface area (Å²) < 4.78 is 5.67. The summed E-state index contributed by atoms with van der Waals surface area (Å²) in [6.07, 6.45) is 3.82. The monoisotopic (exact) mass is 301 g/mol. The van der Waals surface area contributed by atoms with Gasteiger partial charge in [-0.25, -0.2) is 9.59 Å². The molecule has 6 heteroatoms. The molecule has 0 fully saturated rings. The summed E-state index contributed by atoms with van der Waals surface area (Å²) in [4.78, 5) is 47.7. The van der Waals surface area contributed by atoms with E-state index in [-0.39, 0.29) is 21.5 Å². The zero-order valence-corrected chi connectivity index (χ0v) is 12.2. The van der Waals surface area contributed by atoms with Gasteiger partial charge >= 0.3 is 11.3 Å². The molecule has 2 aromatic heterocycles. The Bertz CT molecular complexity index is 971. The first-order valence-corrected chi connectivity index (χ1v) is 7.35. The van der Waals surface area contributed by atoms with Crippen LogP contribution in [-0.2, 0) is 6.54 Å². The molecule has 114 valence electrons. The summed E-state index contributed by atoms with van der Waals surface area (Å²) in [6.45, 7) is 2.44. The second-order valence-corrected chi connectivity index (χ2v) is 5.44. The molecule has 0 aliphatic heterocycles. The third-order valence-corrected chi connectivity index (χ3v) is 3.97. The number of unbranched alkanes of at least 4 members (excludes halogenated alkanes) is 3. The minimum atomic E-state index is -0.774. The van der Waals surface area contributed by atoms with Gasteiger partial charge in [0.2, 0.25) is 0 Å². The highest BCUT2D eigenvalue weighted by molar-refractivity contribution is 5.97. The van der Waals surface area contributed by atoms with E-state index in [0.29, 0.717) is 6.54 Å². The number of aromatic nitrogens is 1. The largest absolute Gasteiger partial charge is 0.386 e. The average molecular weight is 301 g/mol. The summed E-state index contributed by atoms with van der Waals surface area (Å²) >= 11 is 0. The lowest BCUT2D eigenvalue weighted by atomic mass is 10.1. The first-order chi connectivity index (χ1) is 10.5. The normalized spacial score (nSPS) is 11.7. The Labute approximate surface area is 124 Å². The Hall–Kier alpha value is -2.50. The van der Waals surface area contributed by atoms with Crippen molar-refractivity contribution in [2.45, 2.75) is 39.2 Å². The highest BCUT2D eigenvalue weighted by Gasteiger charge is 2.17. The van der Waals surface area contributed by atoms with Crippen molar-refractivity contribution in [3.63, 3.8) is 0 Å². The molecule has 0 saturated carbocycles. The molecule has 0 spiro atoms. The first-order valence-electron chi connectivity index (χ1n) is 7.35. The lowest BCUT2D eigenvalue weighted by molar-refractivity contribution is 0.500. The molecule has 0 saturated heterocycles. The fourth-order valence-electron chi connectivity index (χ4n) is 2.77. The first kappa shape index (κ1) is 14.4. The molecule has 0 bridgehead atoms. The molecule has 0 radical (unpaired) electrons. The molecule has 0 aliphatic rings. The van der Waals surface area contributed by atoms with Crippen LogP contribution < -0.4 is 22.4 Å². The average Bonchev–Trinajstić information content (AvgIpc) is 2.91. The zero-order chi connectivity index (χ0) is 15.9. The molecule has 0 aliphatic carbocycles. The molecule has 22 heavy (non-hydrogen) atoms. The summed E-state index contributed by atoms with van der Waals surface area (Å²) in [7, 11) is 0. The van der Waals surface area contributed by atoms with Crippen LogP contribution >= 0.6 is 0 Å². The van der Waals surface area contributed by atoms with Crippen molar-refractivity contribution in [3.8, 4) is 0 Å². The fourth-order valence-corrected chi connectivity index (χ4v) is 2.77. The highest BCUT2D eigenvalue weighted by Crippen LogP contribution is 2.14. The van der Waals surface area contributed by atoms with E-state index in [1.54, 1.807) is 0 Å². The molecule has 0 amide bonds. The number of fused-ring (bicyclic) bond motifs is 2. The van der Waals surface area contributed by atoms with E-state index in [4.69, 9.17) is 0 Å². The van der Waals surface area contributed by atoms with Crippen LogP contribution in [0.25, 0.3) is 21.5 Å². The van der Waals surface area contributed by atoms with Gasteiger partial charge in [-0.05, 0) is 18.6 Å². The van der Waals surface area contributed by atoms with Crippen LogP contribution in [0.3, 0.4) is 0 Å². The number of furan rings is 1. The standard InChI is InChI=1S/C16H15NO5/c1-2-3-4-5-6-17-13(18)9-7-11-12(8-10(9)14(17)19)16(21)22-15(11)20/h7-8H,2-6H2,1H3. The van der Waals surface area contributed by atoms with Gasteiger partial charge in [-0.2, -0.15) is 0 Å². The van der Waals surface area contributed by atoms with Crippen molar-refractivity contribution < 1.29 is 4.42 Å². The van der Waals surface area contributed by atoms with E-state index in [1.807, 2.05) is 0 Å². The second kappa shape index (κ2) is 5.36. The minimum absolute atomic E-state index is 0.0535. The predicted molar refractivity (Wildman–Crippen MR) is 83.3 cm³/mol. The lowest BCUT2D eigenvalue weighted by Gasteiger charge is -1.99. The molecule has 6 nitrogen and oxygen atoms in total. The smallest absolute Gasteiger partial charge is 0.346 e. The van der Waals surface area contributed by atoms with Gasteiger partial charge in [-0.1, -0.05) is 26.2 Å². The van der Waals surface area contributed by atoms with E-state index < -0.39 is 22.4 Å². The van der Waals surface area contributed by atoms with E-state index in [9.17, 15) is 19.2 Å². The quantitative estimate of drug-likeness (QED) is 0.663. The lowest BCUT2D eigenvalue weighted by Crippen LogP contribution is -2.25. The second-order valence-electron chi connectivity index (χ2n) is 5.44. The van der Waals surface area contributed by atoms with Crippen molar-refractivity contribution in [1.29, 1.82) is 0 Å². The molecule has 0 atom stereocenters. The van der Waals surface area contributed by atoms with E-state index in [1.165, 1.54) is 16.7 Å². The van der Waals surface area contributed by atoms with Crippen LogP contribution in [0.5, 0.6) is 0 Å². The molecule has 3 rings (SSSR count).